The zero-order valence-electron chi connectivity index (χ0n) is 18.0. The van der Waals surface area contributed by atoms with Gasteiger partial charge in [-0.25, -0.2) is 9.37 Å². The van der Waals surface area contributed by atoms with Crippen LogP contribution in [0, 0.1) is 11.7 Å². The van der Waals surface area contributed by atoms with Crippen molar-refractivity contribution < 1.29 is 4.39 Å². The molecule has 0 saturated heterocycles. The van der Waals surface area contributed by atoms with E-state index in [-0.39, 0.29) is 5.82 Å². The summed E-state index contributed by atoms with van der Waals surface area (Å²) in [7, 11) is 4.03. The summed E-state index contributed by atoms with van der Waals surface area (Å²) < 4.78 is 13.9. The lowest BCUT2D eigenvalue weighted by Gasteiger charge is -2.29. The Hall–Kier alpha value is -2.25. The minimum Gasteiger partial charge on any atom is -0.362 e. The molecule has 164 valence electrons. The van der Waals surface area contributed by atoms with Crippen molar-refractivity contribution in [1.82, 2.24) is 15.3 Å². The number of hydrogen-bond acceptors (Lipinski definition) is 5. The molecule has 1 aromatic heterocycles. The number of aromatic nitrogens is 2. The van der Waals surface area contributed by atoms with Crippen LogP contribution in [0.1, 0.15) is 31.2 Å². The SMILES string of the molecule is CN(C)c1nc(N[C@H]2CC[C@@H](CNCc3ccc(F)c(Br)c3)CC2)nc2ccccc12. The third-order valence-electron chi connectivity index (χ3n) is 5.93. The summed E-state index contributed by atoms with van der Waals surface area (Å²) in [5.41, 5.74) is 2.06. The first-order valence-electron chi connectivity index (χ1n) is 10.8. The smallest absolute Gasteiger partial charge is 0.225 e. The lowest BCUT2D eigenvalue weighted by Crippen LogP contribution is -2.31. The summed E-state index contributed by atoms with van der Waals surface area (Å²) in [4.78, 5) is 11.5. The molecule has 0 aliphatic heterocycles. The van der Waals surface area contributed by atoms with Gasteiger partial charge in [0, 0.05) is 32.1 Å². The largest absolute Gasteiger partial charge is 0.362 e. The molecule has 0 radical (unpaired) electrons. The number of nitrogens with zero attached hydrogens (tertiary/aromatic N) is 3. The van der Waals surface area contributed by atoms with Gasteiger partial charge in [-0.1, -0.05) is 18.2 Å². The fourth-order valence-corrected chi connectivity index (χ4v) is 4.66. The Morgan fingerprint density at radius 1 is 1.06 bits per heavy atom. The molecule has 0 atom stereocenters. The van der Waals surface area contributed by atoms with Gasteiger partial charge in [0.15, 0.2) is 0 Å². The van der Waals surface area contributed by atoms with Gasteiger partial charge in [-0.05, 0) is 83.9 Å². The highest BCUT2D eigenvalue weighted by Crippen LogP contribution is 2.28. The number of benzene rings is 2. The Balaban J connectivity index is 1.29. The number of nitrogens with one attached hydrogen (secondary N) is 2. The van der Waals surface area contributed by atoms with Gasteiger partial charge in [-0.3, -0.25) is 0 Å². The molecule has 7 heteroatoms. The van der Waals surface area contributed by atoms with Crippen molar-refractivity contribution in [2.45, 2.75) is 38.3 Å². The lowest BCUT2D eigenvalue weighted by atomic mass is 9.86. The first kappa shape index (κ1) is 22.0. The highest BCUT2D eigenvalue weighted by Gasteiger charge is 2.22. The molecule has 1 fully saturated rings. The van der Waals surface area contributed by atoms with Gasteiger partial charge >= 0.3 is 0 Å². The van der Waals surface area contributed by atoms with Crippen LogP contribution in [-0.2, 0) is 6.54 Å². The Bertz CT molecular complexity index is 1030. The van der Waals surface area contributed by atoms with Crippen molar-refractivity contribution in [2.24, 2.45) is 5.92 Å². The first-order valence-corrected chi connectivity index (χ1v) is 11.6. The van der Waals surface area contributed by atoms with E-state index in [2.05, 4.69) is 32.6 Å². The van der Waals surface area contributed by atoms with Gasteiger partial charge in [0.1, 0.15) is 11.6 Å². The fourth-order valence-electron chi connectivity index (χ4n) is 4.23. The van der Waals surface area contributed by atoms with E-state index in [1.165, 1.54) is 18.9 Å². The highest BCUT2D eigenvalue weighted by molar-refractivity contribution is 9.10. The molecule has 0 amide bonds. The summed E-state index contributed by atoms with van der Waals surface area (Å²) in [5, 5.41) is 8.17. The van der Waals surface area contributed by atoms with Gasteiger partial charge in [0.2, 0.25) is 5.95 Å². The van der Waals surface area contributed by atoms with Crippen LogP contribution in [0.5, 0.6) is 0 Å². The second-order valence-corrected chi connectivity index (χ2v) is 9.38. The van der Waals surface area contributed by atoms with E-state index in [0.29, 0.717) is 22.4 Å². The van der Waals surface area contributed by atoms with Crippen LogP contribution in [-0.4, -0.2) is 36.6 Å². The fraction of sp³-hybridized carbons (Fsp3) is 0.417. The van der Waals surface area contributed by atoms with Crippen molar-refractivity contribution in [3.8, 4) is 0 Å². The summed E-state index contributed by atoms with van der Waals surface area (Å²) >= 11 is 3.25. The lowest BCUT2D eigenvalue weighted by molar-refractivity contribution is 0.324. The van der Waals surface area contributed by atoms with Gasteiger partial charge in [-0.2, -0.15) is 4.98 Å². The van der Waals surface area contributed by atoms with Crippen molar-refractivity contribution in [1.29, 1.82) is 0 Å². The van der Waals surface area contributed by atoms with Crippen LogP contribution in [0.25, 0.3) is 10.9 Å². The van der Waals surface area contributed by atoms with E-state index < -0.39 is 0 Å². The van der Waals surface area contributed by atoms with Crippen LogP contribution in [0.3, 0.4) is 0 Å². The van der Waals surface area contributed by atoms with E-state index in [4.69, 9.17) is 9.97 Å². The minimum absolute atomic E-state index is 0.220. The molecule has 0 bridgehead atoms. The maximum atomic E-state index is 13.4. The summed E-state index contributed by atoms with van der Waals surface area (Å²) in [6, 6.07) is 13.7. The maximum Gasteiger partial charge on any atom is 0.225 e. The quantitative estimate of drug-likeness (QED) is 0.471. The zero-order chi connectivity index (χ0) is 21.8. The molecule has 2 aromatic carbocycles. The molecule has 5 nitrogen and oxygen atoms in total. The number of halogens is 2. The van der Waals surface area contributed by atoms with E-state index >= 15 is 0 Å². The number of rotatable bonds is 7. The van der Waals surface area contributed by atoms with Gasteiger partial charge in [0.05, 0.1) is 9.99 Å². The van der Waals surface area contributed by atoms with Crippen LogP contribution >= 0.6 is 15.9 Å². The zero-order valence-corrected chi connectivity index (χ0v) is 19.6. The summed E-state index contributed by atoms with van der Waals surface area (Å²) in [6.45, 7) is 1.74. The summed E-state index contributed by atoms with van der Waals surface area (Å²) in [6.07, 6.45) is 4.57. The number of para-hydroxylation sites is 1. The van der Waals surface area contributed by atoms with E-state index in [1.807, 2.05) is 49.3 Å². The Morgan fingerprint density at radius 3 is 2.58 bits per heavy atom. The average Bonchev–Trinajstić information content (AvgIpc) is 2.77. The van der Waals surface area contributed by atoms with Gasteiger partial charge in [-0.15, -0.1) is 0 Å². The van der Waals surface area contributed by atoms with Crippen molar-refractivity contribution in [2.75, 3.05) is 30.9 Å². The van der Waals surface area contributed by atoms with E-state index in [9.17, 15) is 4.39 Å². The molecule has 1 heterocycles. The molecule has 2 N–H and O–H groups in total. The third-order valence-corrected chi connectivity index (χ3v) is 6.54. The standard InChI is InChI=1S/C24H29BrFN5/c1-31(2)23-19-5-3-4-6-22(19)29-24(30-23)28-18-10-7-16(8-11-18)14-27-15-17-9-12-21(26)20(25)13-17/h3-6,9,12-13,16,18,27H,7-8,10-11,14-15H2,1-2H3,(H,28,29,30)/t16-,18+. The second kappa shape index (κ2) is 9.92. The number of anilines is 2. The van der Waals surface area contributed by atoms with E-state index in [0.717, 1.165) is 48.2 Å². The first-order chi connectivity index (χ1) is 15.0. The molecule has 0 spiro atoms. The van der Waals surface area contributed by atoms with E-state index in [1.54, 1.807) is 0 Å². The van der Waals surface area contributed by atoms with Crippen LogP contribution in [0.4, 0.5) is 16.2 Å². The molecular weight excluding hydrogens is 457 g/mol. The molecular formula is C24H29BrFN5. The Morgan fingerprint density at radius 2 is 1.84 bits per heavy atom. The number of fused-ring (bicyclic) bond motifs is 1. The molecule has 1 aliphatic rings. The molecule has 0 unspecified atom stereocenters. The molecule has 1 aliphatic carbocycles. The van der Waals surface area contributed by atoms with Gasteiger partial charge in [0.25, 0.3) is 0 Å². The van der Waals surface area contributed by atoms with Crippen molar-refractivity contribution >= 4 is 38.6 Å². The van der Waals surface area contributed by atoms with Crippen LogP contribution in [0.2, 0.25) is 0 Å². The Labute approximate surface area is 191 Å². The van der Waals surface area contributed by atoms with Crippen molar-refractivity contribution in [3.05, 3.63) is 58.3 Å². The third kappa shape index (κ3) is 5.52. The predicted octanol–water partition coefficient (Wildman–Crippen LogP) is 5.36. The van der Waals surface area contributed by atoms with Gasteiger partial charge < -0.3 is 15.5 Å². The minimum atomic E-state index is -0.220. The Kier molecular flexibility index (Phi) is 7.02. The number of hydrogen-bond donors (Lipinski definition) is 2. The highest BCUT2D eigenvalue weighted by atomic mass is 79.9. The topological polar surface area (TPSA) is 53.1 Å². The normalized spacial score (nSPS) is 18.8. The molecule has 3 aromatic rings. The summed E-state index contributed by atoms with van der Waals surface area (Å²) in [5.74, 6) is 2.10. The van der Waals surface area contributed by atoms with Crippen LogP contribution < -0.4 is 15.5 Å². The monoisotopic (exact) mass is 485 g/mol. The predicted molar refractivity (Wildman–Crippen MR) is 129 cm³/mol. The van der Waals surface area contributed by atoms with Crippen molar-refractivity contribution in [3.63, 3.8) is 0 Å². The van der Waals surface area contributed by atoms with Crippen LogP contribution in [0.15, 0.2) is 46.9 Å². The average molecular weight is 486 g/mol. The second-order valence-electron chi connectivity index (χ2n) is 8.52. The molecule has 4 rings (SSSR count). The maximum absolute atomic E-state index is 13.4. The molecule has 31 heavy (non-hydrogen) atoms. The molecule has 1 saturated carbocycles.